The van der Waals surface area contributed by atoms with Crippen LogP contribution >= 0.6 is 0 Å². The summed E-state index contributed by atoms with van der Waals surface area (Å²) in [5.74, 6) is 0.983. The van der Waals surface area contributed by atoms with Crippen molar-refractivity contribution >= 4 is 5.91 Å². The topological polar surface area (TPSA) is 43.8 Å². The van der Waals surface area contributed by atoms with Gasteiger partial charge in [-0.05, 0) is 56.6 Å². The molecular formula is C20H30N2O2. The van der Waals surface area contributed by atoms with Crippen LogP contribution in [0.2, 0.25) is 0 Å². The molecular weight excluding hydrogens is 300 g/mol. The lowest BCUT2D eigenvalue weighted by Crippen LogP contribution is -2.47. The van der Waals surface area contributed by atoms with Crippen molar-refractivity contribution in [2.45, 2.75) is 44.6 Å². The molecule has 0 bridgehead atoms. The average Bonchev–Trinajstić information content (AvgIpc) is 2.61. The zero-order valence-electron chi connectivity index (χ0n) is 14.6. The summed E-state index contributed by atoms with van der Waals surface area (Å²) in [7, 11) is 0. The summed E-state index contributed by atoms with van der Waals surface area (Å²) in [6, 6.07) is 10.7. The number of carbonyl (C=O) groups is 1. The first kappa shape index (κ1) is 17.4. The van der Waals surface area contributed by atoms with Crippen molar-refractivity contribution in [3.8, 4) is 0 Å². The summed E-state index contributed by atoms with van der Waals surface area (Å²) in [5, 5.41) is 9.72. The van der Waals surface area contributed by atoms with Crippen LogP contribution in [0.5, 0.6) is 0 Å². The molecule has 1 aromatic rings. The number of aliphatic hydroxyl groups is 1. The molecule has 1 amide bonds. The third-order valence-corrected chi connectivity index (χ3v) is 5.49. The minimum Gasteiger partial charge on any atom is -0.392 e. The molecule has 4 heteroatoms. The first-order chi connectivity index (χ1) is 11.7. The molecule has 2 heterocycles. The Morgan fingerprint density at radius 1 is 1.08 bits per heavy atom. The summed E-state index contributed by atoms with van der Waals surface area (Å²) in [6.07, 6.45) is 6.24. The maximum Gasteiger partial charge on any atom is 0.236 e. The summed E-state index contributed by atoms with van der Waals surface area (Å²) in [4.78, 5) is 16.6. The molecule has 1 N–H and O–H groups in total. The van der Waals surface area contributed by atoms with Gasteiger partial charge < -0.3 is 10.0 Å². The third-order valence-electron chi connectivity index (χ3n) is 5.49. The number of benzene rings is 1. The van der Waals surface area contributed by atoms with Gasteiger partial charge in [0.05, 0.1) is 12.6 Å². The van der Waals surface area contributed by atoms with Crippen LogP contribution in [0.1, 0.15) is 37.7 Å². The van der Waals surface area contributed by atoms with Gasteiger partial charge in [-0.15, -0.1) is 0 Å². The number of hydrogen-bond acceptors (Lipinski definition) is 3. The minimum absolute atomic E-state index is 0.241. The molecule has 2 saturated heterocycles. The van der Waals surface area contributed by atoms with Gasteiger partial charge >= 0.3 is 0 Å². The number of piperidine rings is 2. The molecule has 4 nitrogen and oxygen atoms in total. The van der Waals surface area contributed by atoms with Gasteiger partial charge in [-0.3, -0.25) is 9.69 Å². The fraction of sp³-hybridized carbons (Fsp3) is 0.650. The zero-order valence-corrected chi connectivity index (χ0v) is 14.6. The number of likely N-dealkylation sites (tertiary alicyclic amines) is 2. The second-order valence-corrected chi connectivity index (χ2v) is 7.38. The van der Waals surface area contributed by atoms with Crippen molar-refractivity contribution in [2.75, 3.05) is 32.7 Å². The van der Waals surface area contributed by atoms with E-state index in [1.807, 2.05) is 4.90 Å². The molecule has 3 rings (SSSR count). The van der Waals surface area contributed by atoms with Crippen LogP contribution in [-0.2, 0) is 11.2 Å². The lowest BCUT2D eigenvalue weighted by molar-refractivity contribution is -0.134. The highest BCUT2D eigenvalue weighted by Crippen LogP contribution is 2.23. The molecule has 0 radical (unpaired) electrons. The molecule has 2 aliphatic rings. The van der Waals surface area contributed by atoms with Gasteiger partial charge in [0.1, 0.15) is 0 Å². The number of rotatable bonds is 5. The number of amides is 1. The van der Waals surface area contributed by atoms with Crippen molar-refractivity contribution in [3.63, 3.8) is 0 Å². The van der Waals surface area contributed by atoms with Crippen LogP contribution in [0.3, 0.4) is 0 Å². The highest BCUT2D eigenvalue weighted by Gasteiger charge is 2.25. The van der Waals surface area contributed by atoms with Gasteiger partial charge in [-0.25, -0.2) is 0 Å². The molecule has 0 aliphatic carbocycles. The monoisotopic (exact) mass is 330 g/mol. The van der Waals surface area contributed by atoms with Gasteiger partial charge in [0.25, 0.3) is 0 Å². The normalized spacial score (nSPS) is 23.4. The van der Waals surface area contributed by atoms with Crippen molar-refractivity contribution in [1.82, 2.24) is 9.80 Å². The van der Waals surface area contributed by atoms with E-state index in [0.717, 1.165) is 57.7 Å². The Morgan fingerprint density at radius 2 is 1.83 bits per heavy atom. The van der Waals surface area contributed by atoms with E-state index in [0.29, 0.717) is 13.1 Å². The number of nitrogens with zero attached hydrogens (tertiary/aromatic N) is 2. The first-order valence-corrected chi connectivity index (χ1v) is 9.43. The van der Waals surface area contributed by atoms with Gasteiger partial charge in [-0.2, -0.15) is 0 Å². The first-order valence-electron chi connectivity index (χ1n) is 9.43. The molecule has 0 saturated carbocycles. The van der Waals surface area contributed by atoms with Gasteiger partial charge in [-0.1, -0.05) is 30.3 Å². The van der Waals surface area contributed by atoms with E-state index in [-0.39, 0.29) is 12.0 Å². The zero-order chi connectivity index (χ0) is 16.8. The van der Waals surface area contributed by atoms with Crippen LogP contribution in [0.25, 0.3) is 0 Å². The molecule has 132 valence electrons. The Morgan fingerprint density at radius 3 is 2.54 bits per heavy atom. The van der Waals surface area contributed by atoms with E-state index >= 15 is 0 Å². The van der Waals surface area contributed by atoms with Gasteiger partial charge in [0.2, 0.25) is 5.91 Å². The molecule has 2 fully saturated rings. The van der Waals surface area contributed by atoms with Crippen LogP contribution < -0.4 is 0 Å². The van der Waals surface area contributed by atoms with Gasteiger partial charge in [0, 0.05) is 19.6 Å². The molecule has 1 aromatic carbocycles. The Kier molecular flexibility index (Phi) is 6.27. The summed E-state index contributed by atoms with van der Waals surface area (Å²) in [5.41, 5.74) is 1.42. The minimum atomic E-state index is -0.254. The van der Waals surface area contributed by atoms with Crippen molar-refractivity contribution < 1.29 is 9.90 Å². The summed E-state index contributed by atoms with van der Waals surface area (Å²) >= 11 is 0. The average molecular weight is 330 g/mol. The van der Waals surface area contributed by atoms with Crippen LogP contribution in [-0.4, -0.2) is 59.6 Å². The predicted molar refractivity (Wildman–Crippen MR) is 95.7 cm³/mol. The number of aryl methyl sites for hydroxylation is 1. The number of hydrogen-bond donors (Lipinski definition) is 1. The quantitative estimate of drug-likeness (QED) is 0.901. The lowest BCUT2D eigenvalue weighted by Gasteiger charge is -2.35. The smallest absolute Gasteiger partial charge is 0.236 e. The standard InChI is InChI=1S/C20H30N2O2/c23-19-7-4-12-21(15-19)16-20(24)22-13-10-18(11-14-22)9-8-17-5-2-1-3-6-17/h1-3,5-6,18-19,23H,4,7-16H2/t19-/m1/s1. The Labute approximate surface area is 145 Å². The number of aliphatic hydroxyl groups excluding tert-OH is 1. The SMILES string of the molecule is O=C(CN1CCC[C@@H](O)C1)N1CCC(CCc2ccccc2)CC1. The fourth-order valence-electron chi connectivity index (χ4n) is 3.95. The second kappa shape index (κ2) is 8.63. The number of carbonyl (C=O) groups excluding carboxylic acids is 1. The highest BCUT2D eigenvalue weighted by atomic mass is 16.3. The van der Waals surface area contributed by atoms with E-state index in [4.69, 9.17) is 0 Å². The molecule has 0 spiro atoms. The highest BCUT2D eigenvalue weighted by molar-refractivity contribution is 5.78. The Hall–Kier alpha value is -1.39. The fourth-order valence-corrected chi connectivity index (χ4v) is 3.95. The van der Waals surface area contributed by atoms with Crippen LogP contribution in [0, 0.1) is 5.92 Å². The van der Waals surface area contributed by atoms with E-state index in [1.54, 1.807) is 0 Å². The van der Waals surface area contributed by atoms with Crippen LogP contribution in [0.4, 0.5) is 0 Å². The van der Waals surface area contributed by atoms with E-state index in [9.17, 15) is 9.90 Å². The van der Waals surface area contributed by atoms with Crippen LogP contribution in [0.15, 0.2) is 30.3 Å². The second-order valence-electron chi connectivity index (χ2n) is 7.38. The third kappa shape index (κ3) is 5.05. The van der Waals surface area contributed by atoms with Gasteiger partial charge in [0.15, 0.2) is 0 Å². The maximum atomic E-state index is 12.5. The Balaban J connectivity index is 1.37. The molecule has 0 aromatic heterocycles. The van der Waals surface area contributed by atoms with E-state index in [1.165, 1.54) is 12.0 Å². The lowest BCUT2D eigenvalue weighted by atomic mass is 9.90. The van der Waals surface area contributed by atoms with Crippen molar-refractivity contribution in [1.29, 1.82) is 0 Å². The largest absolute Gasteiger partial charge is 0.392 e. The molecule has 24 heavy (non-hydrogen) atoms. The van der Waals surface area contributed by atoms with E-state index in [2.05, 4.69) is 35.2 Å². The number of β-amino-alcohol motifs (C(OH)–C–C–N with tert-alkyl or cyclic N) is 1. The van der Waals surface area contributed by atoms with E-state index < -0.39 is 0 Å². The molecule has 1 atom stereocenters. The Bertz CT molecular complexity index is 512. The molecule has 0 unspecified atom stereocenters. The van der Waals surface area contributed by atoms with Crippen molar-refractivity contribution in [3.05, 3.63) is 35.9 Å². The van der Waals surface area contributed by atoms with Crippen molar-refractivity contribution in [2.24, 2.45) is 5.92 Å². The predicted octanol–water partition coefficient (Wildman–Crippen LogP) is 2.31. The summed E-state index contributed by atoms with van der Waals surface area (Å²) < 4.78 is 0. The maximum absolute atomic E-state index is 12.5. The molecule has 2 aliphatic heterocycles. The summed E-state index contributed by atoms with van der Waals surface area (Å²) in [6.45, 7) is 3.87.